The van der Waals surface area contributed by atoms with Gasteiger partial charge in [0.1, 0.15) is 5.75 Å². The average molecular weight is 379 g/mol. The van der Waals surface area contributed by atoms with Crippen molar-refractivity contribution in [2.45, 2.75) is 19.3 Å². The zero-order valence-corrected chi connectivity index (χ0v) is 15.5. The van der Waals surface area contributed by atoms with Crippen LogP contribution < -0.4 is 15.0 Å². The molecular formula is C19H20Cl2N2O2. The quantitative estimate of drug-likeness (QED) is 0.813. The second-order valence-corrected chi connectivity index (χ2v) is 6.82. The fourth-order valence-electron chi connectivity index (χ4n) is 3.13. The molecule has 1 heterocycles. The maximum absolute atomic E-state index is 12.3. The molecule has 0 unspecified atom stereocenters. The molecule has 2 aromatic rings. The standard InChI is InChI=1S/C19H20Cl2N2O2/c1-25-17-6-2-4-13-5-3-10-23(19(13)17)11-9-18(24)22-16-12-14(20)7-8-15(16)21/h2,4,6-8,12H,3,5,9-11H2,1H3,(H,22,24). The summed E-state index contributed by atoms with van der Waals surface area (Å²) in [5.74, 6) is 0.765. The lowest BCUT2D eigenvalue weighted by Crippen LogP contribution is -2.32. The van der Waals surface area contributed by atoms with Crippen LogP contribution in [0.15, 0.2) is 36.4 Å². The fourth-order valence-corrected chi connectivity index (χ4v) is 3.47. The van der Waals surface area contributed by atoms with Crippen molar-refractivity contribution in [3.63, 3.8) is 0 Å². The Hall–Kier alpha value is -1.91. The SMILES string of the molecule is COc1cccc2c1N(CCC(=O)Nc1cc(Cl)ccc1Cl)CCC2. The first-order chi connectivity index (χ1) is 12.1. The summed E-state index contributed by atoms with van der Waals surface area (Å²) in [6.45, 7) is 1.54. The van der Waals surface area contributed by atoms with Gasteiger partial charge in [-0.05, 0) is 42.7 Å². The van der Waals surface area contributed by atoms with Gasteiger partial charge < -0.3 is 15.0 Å². The Balaban J connectivity index is 1.67. The number of para-hydroxylation sites is 1. The molecule has 1 N–H and O–H groups in total. The first-order valence-electron chi connectivity index (χ1n) is 8.24. The molecule has 0 spiro atoms. The molecule has 0 saturated carbocycles. The van der Waals surface area contributed by atoms with E-state index in [1.165, 1.54) is 5.56 Å². The van der Waals surface area contributed by atoms with Gasteiger partial charge in [-0.25, -0.2) is 0 Å². The number of halogens is 2. The Labute approximate surface area is 157 Å². The van der Waals surface area contributed by atoms with Gasteiger partial charge in [-0.2, -0.15) is 0 Å². The highest BCUT2D eigenvalue weighted by Crippen LogP contribution is 2.36. The van der Waals surface area contributed by atoms with E-state index in [1.807, 2.05) is 12.1 Å². The first kappa shape index (κ1) is 17.9. The Kier molecular flexibility index (Phi) is 5.71. The van der Waals surface area contributed by atoms with E-state index in [0.717, 1.165) is 30.8 Å². The van der Waals surface area contributed by atoms with Gasteiger partial charge in [0.25, 0.3) is 0 Å². The molecule has 6 heteroatoms. The van der Waals surface area contributed by atoms with E-state index in [-0.39, 0.29) is 5.91 Å². The number of fused-ring (bicyclic) bond motifs is 1. The number of ether oxygens (including phenoxy) is 1. The number of amides is 1. The summed E-state index contributed by atoms with van der Waals surface area (Å²) in [6, 6.07) is 11.1. The van der Waals surface area contributed by atoms with Crippen LogP contribution in [-0.4, -0.2) is 26.1 Å². The zero-order chi connectivity index (χ0) is 17.8. The molecule has 0 atom stereocenters. The summed E-state index contributed by atoms with van der Waals surface area (Å²) in [6.07, 6.45) is 2.47. The van der Waals surface area contributed by atoms with Gasteiger partial charge in [-0.15, -0.1) is 0 Å². The maximum atomic E-state index is 12.3. The summed E-state index contributed by atoms with van der Waals surface area (Å²) in [5.41, 5.74) is 2.91. The van der Waals surface area contributed by atoms with Crippen molar-refractivity contribution in [1.29, 1.82) is 0 Å². The van der Waals surface area contributed by atoms with Crippen LogP contribution in [0.2, 0.25) is 10.0 Å². The van der Waals surface area contributed by atoms with Crippen LogP contribution in [0.5, 0.6) is 5.75 Å². The molecule has 2 aromatic carbocycles. The molecule has 0 fully saturated rings. The highest BCUT2D eigenvalue weighted by Gasteiger charge is 2.21. The molecule has 1 amide bonds. The van der Waals surface area contributed by atoms with Gasteiger partial charge in [0.05, 0.1) is 23.5 Å². The number of hydrogen-bond donors (Lipinski definition) is 1. The number of rotatable bonds is 5. The number of aryl methyl sites for hydroxylation is 1. The molecule has 0 radical (unpaired) electrons. The van der Waals surface area contributed by atoms with Gasteiger partial charge in [-0.3, -0.25) is 4.79 Å². The Morgan fingerprint density at radius 1 is 1.28 bits per heavy atom. The summed E-state index contributed by atoms with van der Waals surface area (Å²) >= 11 is 12.1. The minimum absolute atomic E-state index is 0.0915. The Bertz CT molecular complexity index is 766. The molecule has 1 aliphatic rings. The lowest BCUT2D eigenvalue weighted by atomic mass is 10.0. The van der Waals surface area contributed by atoms with E-state index in [9.17, 15) is 4.79 Å². The highest BCUT2D eigenvalue weighted by atomic mass is 35.5. The van der Waals surface area contributed by atoms with Crippen molar-refractivity contribution >= 4 is 40.5 Å². The predicted molar refractivity (Wildman–Crippen MR) is 103 cm³/mol. The topological polar surface area (TPSA) is 41.6 Å². The number of nitrogens with zero attached hydrogens (tertiary/aromatic N) is 1. The van der Waals surface area contributed by atoms with Crippen LogP contribution in [0.1, 0.15) is 18.4 Å². The molecule has 4 nitrogen and oxygen atoms in total. The van der Waals surface area contributed by atoms with Crippen molar-refractivity contribution in [3.8, 4) is 5.75 Å². The zero-order valence-electron chi connectivity index (χ0n) is 14.0. The van der Waals surface area contributed by atoms with Crippen molar-refractivity contribution in [1.82, 2.24) is 0 Å². The second kappa shape index (κ2) is 7.98. The minimum atomic E-state index is -0.0915. The lowest BCUT2D eigenvalue weighted by Gasteiger charge is -2.32. The van der Waals surface area contributed by atoms with Crippen molar-refractivity contribution in [3.05, 3.63) is 52.0 Å². The normalized spacial score (nSPS) is 13.3. The molecule has 0 aliphatic carbocycles. The highest BCUT2D eigenvalue weighted by molar-refractivity contribution is 6.35. The second-order valence-electron chi connectivity index (χ2n) is 5.98. The van der Waals surface area contributed by atoms with Crippen LogP contribution >= 0.6 is 23.2 Å². The van der Waals surface area contributed by atoms with Crippen molar-refractivity contribution < 1.29 is 9.53 Å². The summed E-state index contributed by atoms with van der Waals surface area (Å²) in [4.78, 5) is 14.5. The molecule has 3 rings (SSSR count). The largest absolute Gasteiger partial charge is 0.495 e. The van der Waals surface area contributed by atoms with Crippen LogP contribution in [0.3, 0.4) is 0 Å². The third kappa shape index (κ3) is 4.20. The van der Waals surface area contributed by atoms with Gasteiger partial charge in [0.15, 0.2) is 0 Å². The van der Waals surface area contributed by atoms with Crippen LogP contribution in [0.25, 0.3) is 0 Å². The van der Waals surface area contributed by atoms with E-state index >= 15 is 0 Å². The number of carbonyl (C=O) groups is 1. The van der Waals surface area contributed by atoms with Gasteiger partial charge in [0, 0.05) is 24.5 Å². The van der Waals surface area contributed by atoms with E-state index in [1.54, 1.807) is 25.3 Å². The number of nitrogens with one attached hydrogen (secondary N) is 1. The maximum Gasteiger partial charge on any atom is 0.226 e. The van der Waals surface area contributed by atoms with E-state index in [0.29, 0.717) is 28.7 Å². The summed E-state index contributed by atoms with van der Waals surface area (Å²) in [5, 5.41) is 3.84. The fraction of sp³-hybridized carbons (Fsp3) is 0.316. The molecule has 0 saturated heterocycles. The predicted octanol–water partition coefficient (Wildman–Crippen LogP) is 4.78. The Morgan fingerprint density at radius 3 is 2.92 bits per heavy atom. The molecule has 1 aliphatic heterocycles. The molecule has 0 bridgehead atoms. The number of benzene rings is 2. The monoisotopic (exact) mass is 378 g/mol. The van der Waals surface area contributed by atoms with Crippen LogP contribution in [0.4, 0.5) is 11.4 Å². The number of anilines is 2. The lowest BCUT2D eigenvalue weighted by molar-refractivity contribution is -0.116. The first-order valence-corrected chi connectivity index (χ1v) is 9.00. The van der Waals surface area contributed by atoms with Crippen molar-refractivity contribution in [2.75, 3.05) is 30.4 Å². The van der Waals surface area contributed by atoms with E-state index in [4.69, 9.17) is 27.9 Å². The smallest absolute Gasteiger partial charge is 0.226 e. The molecule has 132 valence electrons. The molecular weight excluding hydrogens is 359 g/mol. The van der Waals surface area contributed by atoms with Gasteiger partial charge >= 0.3 is 0 Å². The third-order valence-corrected chi connectivity index (χ3v) is 4.87. The number of methoxy groups -OCH3 is 1. The minimum Gasteiger partial charge on any atom is -0.495 e. The summed E-state index contributed by atoms with van der Waals surface area (Å²) < 4.78 is 5.50. The number of carbonyl (C=O) groups excluding carboxylic acids is 1. The van der Waals surface area contributed by atoms with Crippen LogP contribution in [0, 0.1) is 0 Å². The van der Waals surface area contributed by atoms with Crippen LogP contribution in [-0.2, 0) is 11.2 Å². The van der Waals surface area contributed by atoms with Gasteiger partial charge in [0.2, 0.25) is 5.91 Å². The number of hydrogen-bond acceptors (Lipinski definition) is 3. The Morgan fingerprint density at radius 2 is 2.12 bits per heavy atom. The van der Waals surface area contributed by atoms with E-state index < -0.39 is 0 Å². The van der Waals surface area contributed by atoms with Crippen molar-refractivity contribution in [2.24, 2.45) is 0 Å². The summed E-state index contributed by atoms with van der Waals surface area (Å²) in [7, 11) is 1.68. The molecule has 0 aromatic heterocycles. The molecule has 25 heavy (non-hydrogen) atoms. The van der Waals surface area contributed by atoms with E-state index in [2.05, 4.69) is 16.3 Å². The average Bonchev–Trinajstić information content (AvgIpc) is 2.62. The third-order valence-electron chi connectivity index (χ3n) is 4.30. The van der Waals surface area contributed by atoms with Gasteiger partial charge in [-0.1, -0.05) is 35.3 Å².